The van der Waals surface area contributed by atoms with E-state index in [1.54, 1.807) is 0 Å². The highest BCUT2D eigenvalue weighted by Crippen LogP contribution is 2.38. The summed E-state index contributed by atoms with van der Waals surface area (Å²) in [7, 11) is 2.04. The summed E-state index contributed by atoms with van der Waals surface area (Å²) < 4.78 is 0. The van der Waals surface area contributed by atoms with Gasteiger partial charge in [-0.3, -0.25) is 5.10 Å². The van der Waals surface area contributed by atoms with Gasteiger partial charge in [0.2, 0.25) is 5.95 Å². The first-order valence-corrected chi connectivity index (χ1v) is 8.09. The van der Waals surface area contributed by atoms with Crippen LogP contribution in [0.25, 0.3) is 0 Å². The maximum absolute atomic E-state index is 4.78. The van der Waals surface area contributed by atoms with E-state index in [2.05, 4.69) is 27.3 Å². The number of nitrogens with one attached hydrogen (secondary N) is 2. The normalized spacial score (nSPS) is 28.2. The Labute approximate surface area is 121 Å². The highest BCUT2D eigenvalue weighted by atomic mass is 15.4. The predicted molar refractivity (Wildman–Crippen MR) is 81.0 cm³/mol. The Hall–Kier alpha value is -1.10. The van der Waals surface area contributed by atoms with E-state index < -0.39 is 0 Å². The first kappa shape index (κ1) is 13.9. The molecule has 20 heavy (non-hydrogen) atoms. The molecule has 0 spiro atoms. The number of hydrogen-bond donors (Lipinski definition) is 2. The quantitative estimate of drug-likeness (QED) is 0.885. The maximum Gasteiger partial charge on any atom is 0.244 e. The van der Waals surface area contributed by atoms with Crippen molar-refractivity contribution in [3.8, 4) is 0 Å². The van der Waals surface area contributed by atoms with Gasteiger partial charge in [0.05, 0.1) is 0 Å². The molecular formula is C15H27N5. The molecule has 3 rings (SSSR count). The number of rotatable bonds is 4. The van der Waals surface area contributed by atoms with Crippen molar-refractivity contribution in [2.24, 2.45) is 11.8 Å². The van der Waals surface area contributed by atoms with E-state index in [0.29, 0.717) is 5.92 Å². The fourth-order valence-electron chi connectivity index (χ4n) is 3.75. The van der Waals surface area contributed by atoms with Crippen LogP contribution in [0.2, 0.25) is 0 Å². The van der Waals surface area contributed by atoms with Crippen molar-refractivity contribution in [1.29, 1.82) is 0 Å². The van der Waals surface area contributed by atoms with Crippen LogP contribution < -0.4 is 10.2 Å². The van der Waals surface area contributed by atoms with Crippen LogP contribution in [0.3, 0.4) is 0 Å². The van der Waals surface area contributed by atoms with Crippen LogP contribution in [0.1, 0.15) is 50.8 Å². The summed E-state index contributed by atoms with van der Waals surface area (Å²) in [5, 5.41) is 10.9. The largest absolute Gasteiger partial charge is 0.340 e. The lowest BCUT2D eigenvalue weighted by Crippen LogP contribution is -2.37. The number of nitrogens with zero attached hydrogens (tertiary/aromatic N) is 3. The number of H-pyrrole nitrogens is 1. The van der Waals surface area contributed by atoms with Crippen molar-refractivity contribution >= 4 is 5.95 Å². The molecule has 2 unspecified atom stereocenters. The number of aromatic amines is 1. The van der Waals surface area contributed by atoms with E-state index in [0.717, 1.165) is 43.2 Å². The maximum atomic E-state index is 4.78. The fraction of sp³-hybridized carbons (Fsp3) is 0.867. The van der Waals surface area contributed by atoms with Crippen LogP contribution in [-0.2, 0) is 0 Å². The van der Waals surface area contributed by atoms with Crippen LogP contribution in [0, 0.1) is 11.8 Å². The van der Waals surface area contributed by atoms with Gasteiger partial charge in [-0.15, -0.1) is 5.10 Å². The average Bonchev–Trinajstić information content (AvgIpc) is 3.08. The molecule has 0 amide bonds. The van der Waals surface area contributed by atoms with Gasteiger partial charge >= 0.3 is 0 Å². The highest BCUT2D eigenvalue weighted by Gasteiger charge is 2.29. The summed E-state index contributed by atoms with van der Waals surface area (Å²) in [6, 6.07) is 0. The number of aromatic nitrogens is 3. The summed E-state index contributed by atoms with van der Waals surface area (Å²) in [5.41, 5.74) is 0. The zero-order chi connectivity index (χ0) is 13.9. The summed E-state index contributed by atoms with van der Waals surface area (Å²) in [4.78, 5) is 7.12. The molecule has 5 heteroatoms. The molecule has 1 aromatic heterocycles. The van der Waals surface area contributed by atoms with E-state index in [1.807, 2.05) is 7.05 Å². The second kappa shape index (κ2) is 6.12. The molecule has 1 aromatic rings. The van der Waals surface area contributed by atoms with Crippen molar-refractivity contribution in [1.82, 2.24) is 20.5 Å². The summed E-state index contributed by atoms with van der Waals surface area (Å²) in [6.45, 7) is 5.64. The smallest absolute Gasteiger partial charge is 0.244 e. The topological polar surface area (TPSA) is 56.8 Å². The molecule has 1 aliphatic carbocycles. The fourth-order valence-corrected chi connectivity index (χ4v) is 3.75. The van der Waals surface area contributed by atoms with Gasteiger partial charge in [0.15, 0.2) is 0 Å². The highest BCUT2D eigenvalue weighted by molar-refractivity contribution is 5.30. The molecule has 0 radical (unpaired) electrons. The molecular weight excluding hydrogens is 250 g/mol. The first-order valence-electron chi connectivity index (χ1n) is 8.09. The summed E-state index contributed by atoms with van der Waals surface area (Å²) in [5.74, 6) is 4.18. The van der Waals surface area contributed by atoms with Crippen molar-refractivity contribution in [3.05, 3.63) is 5.82 Å². The van der Waals surface area contributed by atoms with Gasteiger partial charge in [0, 0.05) is 19.0 Å². The number of anilines is 1. The lowest BCUT2D eigenvalue weighted by Gasteiger charge is -2.31. The Kier molecular flexibility index (Phi) is 4.24. The van der Waals surface area contributed by atoms with Gasteiger partial charge in [0.1, 0.15) is 5.82 Å². The van der Waals surface area contributed by atoms with Crippen LogP contribution in [0.4, 0.5) is 5.95 Å². The molecule has 2 aliphatic rings. The Morgan fingerprint density at radius 1 is 1.25 bits per heavy atom. The van der Waals surface area contributed by atoms with E-state index >= 15 is 0 Å². The number of hydrogen-bond acceptors (Lipinski definition) is 4. The molecule has 112 valence electrons. The SMILES string of the molecule is CNCC1CCN(c2n[nH]c(C3CCCC3C)n2)CC1. The molecule has 0 bridgehead atoms. The molecule has 1 aliphatic heterocycles. The molecule has 5 nitrogen and oxygen atoms in total. The van der Waals surface area contributed by atoms with E-state index in [9.17, 15) is 0 Å². The Morgan fingerprint density at radius 2 is 2.05 bits per heavy atom. The number of piperidine rings is 1. The molecule has 1 saturated carbocycles. The first-order chi connectivity index (χ1) is 9.78. The molecule has 2 fully saturated rings. The monoisotopic (exact) mass is 277 g/mol. The van der Waals surface area contributed by atoms with Gasteiger partial charge in [-0.25, -0.2) is 0 Å². The van der Waals surface area contributed by atoms with Crippen molar-refractivity contribution < 1.29 is 0 Å². The Balaban J connectivity index is 1.60. The average molecular weight is 277 g/mol. The molecule has 2 N–H and O–H groups in total. The minimum Gasteiger partial charge on any atom is -0.340 e. The van der Waals surface area contributed by atoms with Crippen LogP contribution in [0.15, 0.2) is 0 Å². The van der Waals surface area contributed by atoms with E-state index in [1.165, 1.54) is 32.1 Å². The predicted octanol–water partition coefficient (Wildman–Crippen LogP) is 2.14. The van der Waals surface area contributed by atoms with Gasteiger partial charge in [0.25, 0.3) is 0 Å². The molecule has 2 atom stereocenters. The lowest BCUT2D eigenvalue weighted by molar-refractivity contribution is 0.391. The second-order valence-corrected chi connectivity index (χ2v) is 6.52. The third-order valence-corrected chi connectivity index (χ3v) is 5.09. The van der Waals surface area contributed by atoms with Crippen molar-refractivity contribution in [3.63, 3.8) is 0 Å². The van der Waals surface area contributed by atoms with Crippen LogP contribution in [0.5, 0.6) is 0 Å². The molecule has 2 heterocycles. The Bertz CT molecular complexity index is 422. The minimum atomic E-state index is 0.595. The third kappa shape index (κ3) is 2.82. The summed E-state index contributed by atoms with van der Waals surface area (Å²) in [6.07, 6.45) is 6.41. The Morgan fingerprint density at radius 3 is 2.70 bits per heavy atom. The van der Waals surface area contributed by atoms with Gasteiger partial charge in [-0.2, -0.15) is 4.98 Å². The third-order valence-electron chi connectivity index (χ3n) is 5.09. The van der Waals surface area contributed by atoms with Crippen LogP contribution in [-0.4, -0.2) is 41.9 Å². The van der Waals surface area contributed by atoms with Crippen molar-refractivity contribution in [2.45, 2.75) is 44.9 Å². The standard InChI is InChI=1S/C15H27N5/c1-11-4-3-5-13(11)14-17-15(19-18-14)20-8-6-12(7-9-20)10-16-2/h11-13,16H,3-10H2,1-2H3,(H,17,18,19). The van der Waals surface area contributed by atoms with Crippen molar-refractivity contribution in [2.75, 3.05) is 31.6 Å². The van der Waals surface area contributed by atoms with Gasteiger partial charge in [-0.05, 0) is 51.1 Å². The van der Waals surface area contributed by atoms with E-state index in [-0.39, 0.29) is 0 Å². The molecule has 0 aromatic carbocycles. The molecule has 1 saturated heterocycles. The van der Waals surface area contributed by atoms with Crippen LogP contribution >= 0.6 is 0 Å². The summed E-state index contributed by atoms with van der Waals surface area (Å²) >= 11 is 0. The zero-order valence-electron chi connectivity index (χ0n) is 12.7. The van der Waals surface area contributed by atoms with E-state index in [4.69, 9.17) is 4.98 Å². The van der Waals surface area contributed by atoms with Gasteiger partial charge < -0.3 is 10.2 Å². The second-order valence-electron chi connectivity index (χ2n) is 6.52. The minimum absolute atomic E-state index is 0.595. The zero-order valence-corrected chi connectivity index (χ0v) is 12.7. The lowest BCUT2D eigenvalue weighted by atomic mass is 9.97. The van der Waals surface area contributed by atoms with Gasteiger partial charge in [-0.1, -0.05) is 13.3 Å².